The zero-order valence-corrected chi connectivity index (χ0v) is 20.1. The number of hydrogen-bond donors (Lipinski definition) is 0. The molecule has 1 aliphatic carbocycles. The molecule has 5 rings (SSSR count). The van der Waals surface area contributed by atoms with E-state index in [0.717, 1.165) is 16.3 Å². The first-order valence-corrected chi connectivity index (χ1v) is 11.6. The summed E-state index contributed by atoms with van der Waals surface area (Å²) in [5, 5.41) is 10.7. The molecule has 6 heteroatoms. The van der Waals surface area contributed by atoms with Gasteiger partial charge in [0.2, 0.25) is 5.91 Å². The number of rotatable bonds is 1. The molecule has 0 bridgehead atoms. The van der Waals surface area contributed by atoms with Gasteiger partial charge in [0.25, 0.3) is 0 Å². The topological polar surface area (TPSA) is 79.7 Å². The zero-order valence-electron chi connectivity index (χ0n) is 20.1. The predicted molar refractivity (Wildman–Crippen MR) is 129 cm³/mol. The Morgan fingerprint density at radius 1 is 1.21 bits per heavy atom. The summed E-state index contributed by atoms with van der Waals surface area (Å²) in [6.45, 7) is 11.7. The summed E-state index contributed by atoms with van der Waals surface area (Å²) in [6, 6.07) is 7.96. The molecule has 3 heterocycles. The van der Waals surface area contributed by atoms with Crippen LogP contribution in [0, 0.1) is 18.3 Å². The molecule has 2 unspecified atom stereocenters. The second-order valence-corrected chi connectivity index (χ2v) is 7.27. The third-order valence-corrected chi connectivity index (χ3v) is 5.37. The van der Waals surface area contributed by atoms with Crippen LogP contribution < -0.4 is 20.9 Å². The summed E-state index contributed by atoms with van der Waals surface area (Å²) in [4.78, 5) is 21.4. The van der Waals surface area contributed by atoms with Gasteiger partial charge in [0.1, 0.15) is 22.9 Å². The first-order chi connectivity index (χ1) is 16.1. The first kappa shape index (κ1) is 23.9. The fourth-order valence-electron chi connectivity index (χ4n) is 3.94. The number of nitrogens with zero attached hydrogens (tertiary/aromatic N) is 4. The first-order valence-electron chi connectivity index (χ1n) is 11.6. The Bertz CT molecular complexity index is 1370. The Morgan fingerprint density at radius 2 is 1.94 bits per heavy atom. The molecule has 2 aliphatic heterocycles. The van der Waals surface area contributed by atoms with Gasteiger partial charge in [-0.15, -0.1) is 0 Å². The average Bonchev–Trinajstić information content (AvgIpc) is 3.25. The lowest BCUT2D eigenvalue weighted by Gasteiger charge is -2.21. The molecular weight excluding hydrogens is 412 g/mol. The number of ether oxygens (including phenoxy) is 1. The van der Waals surface area contributed by atoms with Gasteiger partial charge >= 0.3 is 0 Å². The number of amides is 1. The summed E-state index contributed by atoms with van der Waals surface area (Å²) < 4.78 is 8.08. The van der Waals surface area contributed by atoms with Gasteiger partial charge in [0.05, 0.1) is 17.3 Å². The van der Waals surface area contributed by atoms with E-state index in [2.05, 4.69) is 11.1 Å². The van der Waals surface area contributed by atoms with E-state index >= 15 is 0 Å². The number of fused-ring (bicyclic) bond motifs is 6. The van der Waals surface area contributed by atoms with Crippen molar-refractivity contribution in [2.45, 2.75) is 60.0 Å². The SMILES string of the molecule is CC.CC.CCC(=O)N=c1c(C#N)c2c(c3n1C1C=CC=CC1N=3)=Cc1ccc(C)cc1O2. The highest BCUT2D eigenvalue weighted by Gasteiger charge is 2.31. The number of pyridine rings is 1. The second-order valence-electron chi connectivity index (χ2n) is 7.27. The van der Waals surface area contributed by atoms with Crippen LogP contribution in [0.4, 0.5) is 0 Å². The maximum atomic E-state index is 12.2. The molecule has 1 amide bonds. The van der Waals surface area contributed by atoms with Crippen molar-refractivity contribution in [2.24, 2.45) is 9.98 Å². The zero-order chi connectivity index (χ0) is 24.1. The lowest BCUT2D eigenvalue weighted by atomic mass is 10.0. The molecule has 3 aliphatic rings. The maximum absolute atomic E-state index is 12.2. The number of aromatic nitrogens is 1. The fraction of sp³-hybridized carbons (Fsp3) is 0.333. The number of nitriles is 1. The van der Waals surface area contributed by atoms with E-state index in [1.165, 1.54) is 0 Å². The van der Waals surface area contributed by atoms with Crippen molar-refractivity contribution in [3.63, 3.8) is 0 Å². The molecule has 0 saturated heterocycles. The van der Waals surface area contributed by atoms with Gasteiger partial charge in [-0.25, -0.2) is 0 Å². The monoisotopic (exact) mass is 442 g/mol. The van der Waals surface area contributed by atoms with Crippen molar-refractivity contribution in [1.29, 1.82) is 5.26 Å². The molecule has 2 aromatic rings. The Labute approximate surface area is 194 Å². The molecule has 170 valence electrons. The minimum atomic E-state index is -0.286. The van der Waals surface area contributed by atoms with Crippen LogP contribution in [-0.4, -0.2) is 16.5 Å². The van der Waals surface area contributed by atoms with Crippen molar-refractivity contribution in [1.82, 2.24) is 4.57 Å². The van der Waals surface area contributed by atoms with Crippen LogP contribution in [0.3, 0.4) is 0 Å². The Hall–Kier alpha value is -3.72. The number of allylic oxidation sites excluding steroid dienone is 2. The summed E-state index contributed by atoms with van der Waals surface area (Å²) in [7, 11) is 0. The van der Waals surface area contributed by atoms with Crippen LogP contribution in [0.1, 0.15) is 63.8 Å². The van der Waals surface area contributed by atoms with E-state index in [1.54, 1.807) is 6.92 Å². The van der Waals surface area contributed by atoms with Gasteiger partial charge in [0, 0.05) is 12.0 Å². The highest BCUT2D eigenvalue weighted by atomic mass is 16.5. The number of aryl methyl sites for hydroxylation is 1. The Kier molecular flexibility index (Phi) is 7.44. The van der Waals surface area contributed by atoms with Gasteiger partial charge in [-0.05, 0) is 24.6 Å². The minimum absolute atomic E-state index is 0.100. The normalized spacial score (nSPS) is 18.3. The molecule has 0 saturated carbocycles. The van der Waals surface area contributed by atoms with E-state index in [1.807, 2.05) is 87.8 Å². The van der Waals surface area contributed by atoms with Crippen LogP contribution in [0.2, 0.25) is 0 Å². The molecule has 0 fully saturated rings. The molecule has 6 nitrogen and oxygen atoms in total. The summed E-state index contributed by atoms with van der Waals surface area (Å²) in [5.41, 5.74) is 3.24. The highest BCUT2D eigenvalue weighted by molar-refractivity contribution is 5.76. The van der Waals surface area contributed by atoms with Gasteiger partial charge in [-0.3, -0.25) is 14.4 Å². The van der Waals surface area contributed by atoms with Crippen molar-refractivity contribution < 1.29 is 9.53 Å². The standard InChI is InChI=1S/C23H18N4O2.2C2H6/c1-3-20(28)26-23-16(12-24)21-15(11-14-9-8-13(2)10-19(14)29-21)22-25-17-6-4-5-7-18(17)27(22)23;2*1-2/h4-11,17-18H,3H2,1-2H3;2*1-2H3. The van der Waals surface area contributed by atoms with Crippen molar-refractivity contribution in [3.05, 3.63) is 75.4 Å². The van der Waals surface area contributed by atoms with E-state index in [0.29, 0.717) is 22.5 Å². The lowest BCUT2D eigenvalue weighted by molar-refractivity contribution is -0.117. The number of hydrogen-bond acceptors (Lipinski definition) is 4. The fourth-order valence-corrected chi connectivity index (χ4v) is 3.94. The molecule has 1 aromatic heterocycles. The molecule has 33 heavy (non-hydrogen) atoms. The largest absolute Gasteiger partial charge is 0.454 e. The molecule has 1 aromatic carbocycles. The quantitative estimate of drug-likeness (QED) is 0.568. The lowest BCUT2D eigenvalue weighted by Crippen LogP contribution is -2.46. The van der Waals surface area contributed by atoms with Crippen molar-refractivity contribution in [3.8, 4) is 17.6 Å². The average molecular weight is 443 g/mol. The van der Waals surface area contributed by atoms with E-state index in [4.69, 9.17) is 9.73 Å². The molecule has 0 N–H and O–H groups in total. The number of benzene rings is 1. The smallest absolute Gasteiger partial charge is 0.247 e. The van der Waals surface area contributed by atoms with Gasteiger partial charge in [0.15, 0.2) is 11.2 Å². The van der Waals surface area contributed by atoms with Gasteiger partial charge in [-0.2, -0.15) is 10.3 Å². The molecule has 0 radical (unpaired) electrons. The summed E-state index contributed by atoms with van der Waals surface area (Å²) >= 11 is 0. The predicted octanol–water partition coefficient (Wildman–Crippen LogP) is 4.16. The third kappa shape index (κ3) is 4.19. The van der Waals surface area contributed by atoms with E-state index in [-0.39, 0.29) is 30.0 Å². The van der Waals surface area contributed by atoms with Crippen LogP contribution >= 0.6 is 0 Å². The summed E-state index contributed by atoms with van der Waals surface area (Å²) in [5.74, 6) is 0.808. The Balaban J connectivity index is 0.000000728. The summed E-state index contributed by atoms with van der Waals surface area (Å²) in [6.07, 6.45) is 10.2. The Morgan fingerprint density at radius 3 is 2.64 bits per heavy atom. The number of carbonyl (C=O) groups excluding carboxylic acids is 1. The molecular formula is C27H30N4O2. The third-order valence-electron chi connectivity index (χ3n) is 5.37. The van der Waals surface area contributed by atoms with E-state index < -0.39 is 0 Å². The second kappa shape index (κ2) is 10.3. The van der Waals surface area contributed by atoms with Crippen LogP contribution in [0.25, 0.3) is 6.08 Å². The van der Waals surface area contributed by atoms with Crippen LogP contribution in [-0.2, 0) is 4.79 Å². The highest BCUT2D eigenvalue weighted by Crippen LogP contribution is 2.30. The van der Waals surface area contributed by atoms with Crippen molar-refractivity contribution >= 4 is 12.0 Å². The van der Waals surface area contributed by atoms with Crippen LogP contribution in [0.15, 0.2) is 52.5 Å². The molecule has 0 spiro atoms. The number of carbonyl (C=O) groups is 1. The van der Waals surface area contributed by atoms with Gasteiger partial charge in [-0.1, -0.05) is 71.1 Å². The maximum Gasteiger partial charge on any atom is 0.247 e. The van der Waals surface area contributed by atoms with E-state index in [9.17, 15) is 10.1 Å². The van der Waals surface area contributed by atoms with Gasteiger partial charge < -0.3 is 4.74 Å². The minimum Gasteiger partial charge on any atom is -0.454 e. The van der Waals surface area contributed by atoms with Crippen molar-refractivity contribution in [2.75, 3.05) is 0 Å². The molecule has 2 atom stereocenters. The van der Waals surface area contributed by atoms with Crippen LogP contribution in [0.5, 0.6) is 11.5 Å².